The van der Waals surface area contributed by atoms with Gasteiger partial charge < -0.3 is 4.74 Å². The molecule has 0 atom stereocenters. The van der Waals surface area contributed by atoms with Gasteiger partial charge in [-0.15, -0.1) is 16.8 Å². The zero-order chi connectivity index (χ0) is 20.1. The molecule has 0 unspecified atom stereocenters. The van der Waals surface area contributed by atoms with Gasteiger partial charge in [0, 0.05) is 17.3 Å². The molecule has 0 radical (unpaired) electrons. The lowest BCUT2D eigenvalue weighted by Crippen LogP contribution is -2.07. The Morgan fingerprint density at radius 3 is 2.61 bits per heavy atom. The maximum absolute atomic E-state index is 13.2. The highest BCUT2D eigenvalue weighted by atomic mass is 35.5. The molecular formula is C21H21ClFN3OS. The van der Waals surface area contributed by atoms with E-state index in [-0.39, 0.29) is 5.82 Å². The van der Waals surface area contributed by atoms with E-state index < -0.39 is 0 Å². The minimum absolute atomic E-state index is 0.307. The van der Waals surface area contributed by atoms with E-state index in [4.69, 9.17) is 16.3 Å². The normalized spacial score (nSPS) is 10.9. The number of aryl methyl sites for hydroxylation is 2. The second kappa shape index (κ2) is 9.26. The number of hydrogen-bond donors (Lipinski definition) is 0. The molecule has 3 aromatic rings. The summed E-state index contributed by atoms with van der Waals surface area (Å²) in [5, 5.41) is 9.68. The molecule has 0 aliphatic carbocycles. The monoisotopic (exact) mass is 417 g/mol. The second-order valence-electron chi connectivity index (χ2n) is 6.43. The quantitative estimate of drug-likeness (QED) is 0.346. The smallest absolute Gasteiger partial charge is 0.191 e. The molecule has 1 heterocycles. The van der Waals surface area contributed by atoms with Crippen molar-refractivity contribution in [1.29, 1.82) is 0 Å². The first-order valence-corrected chi connectivity index (χ1v) is 10.1. The zero-order valence-corrected chi connectivity index (χ0v) is 17.4. The molecule has 0 aliphatic rings. The molecule has 1 aromatic heterocycles. The van der Waals surface area contributed by atoms with Gasteiger partial charge in [-0.05, 0) is 54.8 Å². The summed E-state index contributed by atoms with van der Waals surface area (Å²) in [6.45, 7) is 8.76. The molecule has 146 valence electrons. The number of halogens is 2. The van der Waals surface area contributed by atoms with Crippen LogP contribution in [0.4, 0.5) is 4.39 Å². The van der Waals surface area contributed by atoms with Crippen LogP contribution in [0.3, 0.4) is 0 Å². The first-order valence-electron chi connectivity index (χ1n) is 8.77. The fourth-order valence-electron chi connectivity index (χ4n) is 2.79. The van der Waals surface area contributed by atoms with Crippen molar-refractivity contribution in [3.8, 4) is 5.75 Å². The number of rotatable bonds is 8. The summed E-state index contributed by atoms with van der Waals surface area (Å²) in [5.74, 6) is 1.73. The molecule has 3 rings (SSSR count). The van der Waals surface area contributed by atoms with Crippen molar-refractivity contribution in [2.45, 2.75) is 37.9 Å². The van der Waals surface area contributed by atoms with Gasteiger partial charge in [-0.1, -0.05) is 41.6 Å². The van der Waals surface area contributed by atoms with Crippen molar-refractivity contribution in [3.05, 3.63) is 82.4 Å². The highest BCUT2D eigenvalue weighted by Gasteiger charge is 2.14. The van der Waals surface area contributed by atoms with Crippen molar-refractivity contribution < 1.29 is 9.13 Å². The van der Waals surface area contributed by atoms with E-state index in [9.17, 15) is 4.39 Å². The third kappa shape index (κ3) is 5.14. The van der Waals surface area contributed by atoms with Gasteiger partial charge in [-0.3, -0.25) is 4.57 Å². The van der Waals surface area contributed by atoms with E-state index in [1.807, 2.05) is 30.5 Å². The van der Waals surface area contributed by atoms with Crippen molar-refractivity contribution in [1.82, 2.24) is 14.8 Å². The van der Waals surface area contributed by atoms with Crippen molar-refractivity contribution in [2.75, 3.05) is 0 Å². The Kier molecular flexibility index (Phi) is 6.75. The second-order valence-corrected chi connectivity index (χ2v) is 7.78. The van der Waals surface area contributed by atoms with E-state index in [0.29, 0.717) is 29.8 Å². The van der Waals surface area contributed by atoms with Crippen LogP contribution in [0, 0.1) is 19.7 Å². The molecule has 0 spiro atoms. The van der Waals surface area contributed by atoms with Crippen molar-refractivity contribution >= 4 is 23.4 Å². The Bertz CT molecular complexity index is 970. The number of benzene rings is 2. The first-order chi connectivity index (χ1) is 13.5. The van der Waals surface area contributed by atoms with Gasteiger partial charge in [0.05, 0.1) is 0 Å². The predicted octanol–water partition coefficient (Wildman–Crippen LogP) is 5.74. The molecular weight excluding hydrogens is 397 g/mol. The number of allylic oxidation sites excluding steroid dienone is 1. The summed E-state index contributed by atoms with van der Waals surface area (Å²) < 4.78 is 21.1. The van der Waals surface area contributed by atoms with E-state index in [1.165, 1.54) is 23.9 Å². The van der Waals surface area contributed by atoms with Crippen LogP contribution in [0.5, 0.6) is 5.75 Å². The van der Waals surface area contributed by atoms with Crippen molar-refractivity contribution in [3.63, 3.8) is 0 Å². The zero-order valence-electron chi connectivity index (χ0n) is 15.8. The molecule has 0 aliphatic heterocycles. The summed E-state index contributed by atoms with van der Waals surface area (Å²) in [6.07, 6.45) is 1.79. The van der Waals surface area contributed by atoms with E-state index in [1.54, 1.807) is 12.1 Å². The molecule has 7 heteroatoms. The van der Waals surface area contributed by atoms with Crippen LogP contribution in [-0.2, 0) is 18.9 Å². The Balaban J connectivity index is 1.72. The third-order valence-corrected chi connectivity index (χ3v) is 5.41. The first kappa shape index (κ1) is 20.4. The lowest BCUT2D eigenvalue weighted by molar-refractivity contribution is 0.289. The minimum atomic E-state index is -0.348. The van der Waals surface area contributed by atoms with E-state index >= 15 is 0 Å². The lowest BCUT2D eigenvalue weighted by Gasteiger charge is -2.10. The van der Waals surface area contributed by atoms with Crippen LogP contribution in [-0.4, -0.2) is 14.8 Å². The minimum Gasteiger partial charge on any atom is -0.486 e. The Morgan fingerprint density at radius 1 is 1.18 bits per heavy atom. The van der Waals surface area contributed by atoms with Gasteiger partial charge in [0.2, 0.25) is 0 Å². The lowest BCUT2D eigenvalue weighted by atomic mass is 10.1. The molecule has 4 nitrogen and oxygen atoms in total. The number of aromatic nitrogens is 3. The highest BCUT2D eigenvalue weighted by molar-refractivity contribution is 7.98. The van der Waals surface area contributed by atoms with Crippen LogP contribution < -0.4 is 4.74 Å². The number of ether oxygens (including phenoxy) is 1. The molecule has 28 heavy (non-hydrogen) atoms. The van der Waals surface area contributed by atoms with Crippen LogP contribution >= 0.6 is 23.4 Å². The van der Waals surface area contributed by atoms with Gasteiger partial charge >= 0.3 is 0 Å². The van der Waals surface area contributed by atoms with Gasteiger partial charge in [-0.2, -0.15) is 0 Å². The van der Waals surface area contributed by atoms with Gasteiger partial charge in [0.25, 0.3) is 0 Å². The molecule has 0 N–H and O–H groups in total. The molecule has 0 saturated carbocycles. The van der Waals surface area contributed by atoms with Crippen LogP contribution in [0.15, 0.2) is 54.2 Å². The standard InChI is InChI=1S/C21H21ClFN3OS/c1-4-7-26-20(12-27-18-9-14(2)8-15(3)10-18)24-25-21(26)28-13-16-5-6-17(23)11-19(16)22/h4-6,8-11H,1,7,12-13H2,2-3H3. The summed E-state index contributed by atoms with van der Waals surface area (Å²) >= 11 is 7.60. The number of nitrogens with zero attached hydrogens (tertiary/aromatic N) is 3. The molecule has 0 bridgehead atoms. The molecule has 0 fully saturated rings. The Labute approximate surface area is 173 Å². The Morgan fingerprint density at radius 2 is 1.93 bits per heavy atom. The predicted molar refractivity (Wildman–Crippen MR) is 111 cm³/mol. The summed E-state index contributed by atoms with van der Waals surface area (Å²) in [7, 11) is 0. The fraction of sp³-hybridized carbons (Fsp3) is 0.238. The van der Waals surface area contributed by atoms with E-state index in [2.05, 4.69) is 22.8 Å². The van der Waals surface area contributed by atoms with Gasteiger partial charge in [0.1, 0.15) is 18.2 Å². The highest BCUT2D eigenvalue weighted by Crippen LogP contribution is 2.27. The van der Waals surface area contributed by atoms with Crippen molar-refractivity contribution in [2.24, 2.45) is 0 Å². The average Bonchev–Trinajstić information content (AvgIpc) is 3.01. The van der Waals surface area contributed by atoms with Crippen LogP contribution in [0.25, 0.3) is 0 Å². The van der Waals surface area contributed by atoms with Crippen LogP contribution in [0.1, 0.15) is 22.5 Å². The summed E-state index contributed by atoms with van der Waals surface area (Å²) in [6, 6.07) is 10.5. The topological polar surface area (TPSA) is 39.9 Å². The van der Waals surface area contributed by atoms with Gasteiger partial charge in [-0.25, -0.2) is 4.39 Å². The largest absolute Gasteiger partial charge is 0.486 e. The van der Waals surface area contributed by atoms with Gasteiger partial charge in [0.15, 0.2) is 11.0 Å². The summed E-state index contributed by atoms with van der Waals surface area (Å²) in [5.41, 5.74) is 3.14. The fourth-order valence-corrected chi connectivity index (χ4v) is 4.07. The Hall–Kier alpha value is -2.31. The number of hydrogen-bond acceptors (Lipinski definition) is 4. The van der Waals surface area contributed by atoms with E-state index in [0.717, 1.165) is 27.6 Å². The summed E-state index contributed by atoms with van der Waals surface area (Å²) in [4.78, 5) is 0. The molecule has 0 amide bonds. The SMILES string of the molecule is C=CCn1c(COc2cc(C)cc(C)c2)nnc1SCc1ccc(F)cc1Cl. The third-order valence-electron chi connectivity index (χ3n) is 4.04. The average molecular weight is 418 g/mol. The molecule has 0 saturated heterocycles. The van der Waals surface area contributed by atoms with Crippen LogP contribution in [0.2, 0.25) is 5.02 Å². The maximum atomic E-state index is 13.2. The number of thioether (sulfide) groups is 1. The molecule has 2 aromatic carbocycles. The maximum Gasteiger partial charge on any atom is 0.191 e.